The molecule has 0 aliphatic rings. The number of benzene rings is 2. The molecular weight excluding hydrogens is 274 g/mol. The summed E-state index contributed by atoms with van der Waals surface area (Å²) < 4.78 is 0. The first-order valence-corrected chi connectivity index (χ1v) is 7.51. The van der Waals surface area contributed by atoms with E-state index in [2.05, 4.69) is 25.7 Å². The van der Waals surface area contributed by atoms with Crippen molar-refractivity contribution in [3.63, 3.8) is 0 Å². The SMILES string of the molecule is [NH3+][C@@H](CCc1nc2ccccc2[nH]1)c1nc2ccccc2[nH]1. The molecule has 2 aromatic heterocycles. The van der Waals surface area contributed by atoms with Crippen LogP contribution < -0.4 is 5.73 Å². The van der Waals surface area contributed by atoms with E-state index in [4.69, 9.17) is 0 Å². The number of aryl methyl sites for hydroxylation is 1. The maximum Gasteiger partial charge on any atom is 0.165 e. The Morgan fingerprint density at radius 3 is 2.18 bits per heavy atom. The summed E-state index contributed by atoms with van der Waals surface area (Å²) in [6.45, 7) is 0. The first-order chi connectivity index (χ1) is 10.8. The summed E-state index contributed by atoms with van der Waals surface area (Å²) >= 11 is 0. The van der Waals surface area contributed by atoms with Crippen molar-refractivity contribution in [3.8, 4) is 0 Å². The summed E-state index contributed by atoms with van der Waals surface area (Å²) in [5, 5.41) is 0. The zero-order valence-electron chi connectivity index (χ0n) is 12.2. The van der Waals surface area contributed by atoms with Gasteiger partial charge < -0.3 is 15.7 Å². The van der Waals surface area contributed by atoms with Gasteiger partial charge in [-0.05, 0) is 24.3 Å². The average Bonchev–Trinajstić information content (AvgIpc) is 3.15. The summed E-state index contributed by atoms with van der Waals surface area (Å²) in [5.74, 6) is 1.95. The van der Waals surface area contributed by atoms with Gasteiger partial charge in [-0.3, -0.25) is 0 Å². The number of imidazole rings is 2. The highest BCUT2D eigenvalue weighted by molar-refractivity contribution is 5.75. The van der Waals surface area contributed by atoms with E-state index in [-0.39, 0.29) is 6.04 Å². The number of nitrogens with zero attached hydrogens (tertiary/aromatic N) is 2. The minimum absolute atomic E-state index is 0.126. The highest BCUT2D eigenvalue weighted by Gasteiger charge is 2.15. The third-order valence-electron chi connectivity index (χ3n) is 3.96. The maximum absolute atomic E-state index is 4.62. The monoisotopic (exact) mass is 292 g/mol. The van der Waals surface area contributed by atoms with Crippen molar-refractivity contribution in [1.82, 2.24) is 19.9 Å². The molecule has 0 aliphatic carbocycles. The van der Waals surface area contributed by atoms with E-state index in [0.29, 0.717) is 0 Å². The second-order valence-electron chi connectivity index (χ2n) is 5.58. The van der Waals surface area contributed by atoms with Crippen molar-refractivity contribution in [1.29, 1.82) is 0 Å². The van der Waals surface area contributed by atoms with Crippen molar-refractivity contribution in [2.24, 2.45) is 0 Å². The normalized spacial score (nSPS) is 13.0. The second-order valence-corrected chi connectivity index (χ2v) is 5.58. The van der Waals surface area contributed by atoms with Crippen LogP contribution in [0.1, 0.15) is 24.1 Å². The Hall–Kier alpha value is -2.66. The lowest BCUT2D eigenvalue weighted by Gasteiger charge is -2.03. The van der Waals surface area contributed by atoms with E-state index in [1.54, 1.807) is 0 Å². The third-order valence-corrected chi connectivity index (χ3v) is 3.96. The minimum Gasteiger partial charge on any atom is -0.349 e. The Labute approximate surface area is 127 Å². The van der Waals surface area contributed by atoms with Gasteiger partial charge in [0.15, 0.2) is 5.82 Å². The molecule has 110 valence electrons. The molecular formula is C17H18N5+. The fraction of sp³-hybridized carbons (Fsp3) is 0.176. The summed E-state index contributed by atoms with van der Waals surface area (Å²) in [7, 11) is 0. The zero-order chi connectivity index (χ0) is 14.9. The summed E-state index contributed by atoms with van der Waals surface area (Å²) in [5.41, 5.74) is 8.40. The topological polar surface area (TPSA) is 85.0 Å². The van der Waals surface area contributed by atoms with Gasteiger partial charge in [0.2, 0.25) is 0 Å². The van der Waals surface area contributed by atoms with E-state index in [1.165, 1.54) is 0 Å². The first-order valence-electron chi connectivity index (χ1n) is 7.51. The molecule has 5 nitrogen and oxygen atoms in total. The van der Waals surface area contributed by atoms with Gasteiger partial charge in [-0.1, -0.05) is 24.3 Å². The lowest BCUT2D eigenvalue weighted by Crippen LogP contribution is -2.54. The fourth-order valence-electron chi connectivity index (χ4n) is 2.74. The molecule has 0 aliphatic heterocycles. The number of quaternary nitrogens is 1. The lowest BCUT2D eigenvalue weighted by molar-refractivity contribution is -0.429. The number of H-pyrrole nitrogens is 2. The highest BCUT2D eigenvalue weighted by Crippen LogP contribution is 2.17. The van der Waals surface area contributed by atoms with Crippen molar-refractivity contribution < 1.29 is 5.73 Å². The van der Waals surface area contributed by atoms with E-state index in [0.717, 1.165) is 46.6 Å². The van der Waals surface area contributed by atoms with Gasteiger partial charge >= 0.3 is 0 Å². The number of hydrogen-bond donors (Lipinski definition) is 3. The molecule has 5 N–H and O–H groups in total. The smallest absolute Gasteiger partial charge is 0.165 e. The van der Waals surface area contributed by atoms with Crippen LogP contribution in [0.2, 0.25) is 0 Å². The Kier molecular flexibility index (Phi) is 3.12. The predicted octanol–water partition coefficient (Wildman–Crippen LogP) is 2.35. The van der Waals surface area contributed by atoms with Gasteiger partial charge in [0, 0.05) is 12.8 Å². The number of hydrogen-bond acceptors (Lipinski definition) is 2. The van der Waals surface area contributed by atoms with Crippen LogP contribution >= 0.6 is 0 Å². The van der Waals surface area contributed by atoms with Crippen LogP contribution in [0.25, 0.3) is 22.1 Å². The Balaban J connectivity index is 1.50. The van der Waals surface area contributed by atoms with Crippen molar-refractivity contribution >= 4 is 22.1 Å². The number of rotatable bonds is 4. The number of para-hydroxylation sites is 4. The van der Waals surface area contributed by atoms with E-state index in [9.17, 15) is 0 Å². The molecule has 0 spiro atoms. The molecule has 4 rings (SSSR count). The van der Waals surface area contributed by atoms with E-state index in [1.807, 2.05) is 48.5 Å². The molecule has 2 aromatic carbocycles. The zero-order valence-corrected chi connectivity index (χ0v) is 12.2. The van der Waals surface area contributed by atoms with Crippen LogP contribution in [0.15, 0.2) is 48.5 Å². The summed E-state index contributed by atoms with van der Waals surface area (Å²) in [6.07, 6.45) is 1.76. The Morgan fingerprint density at radius 1 is 0.864 bits per heavy atom. The van der Waals surface area contributed by atoms with Crippen LogP contribution in [0.4, 0.5) is 0 Å². The largest absolute Gasteiger partial charge is 0.349 e. The van der Waals surface area contributed by atoms with Crippen LogP contribution in [0.5, 0.6) is 0 Å². The number of aromatic amines is 2. The fourth-order valence-corrected chi connectivity index (χ4v) is 2.74. The maximum atomic E-state index is 4.62. The van der Waals surface area contributed by atoms with Crippen LogP contribution in [-0.4, -0.2) is 19.9 Å². The van der Waals surface area contributed by atoms with Crippen molar-refractivity contribution in [2.45, 2.75) is 18.9 Å². The highest BCUT2D eigenvalue weighted by atomic mass is 15.0. The molecule has 0 amide bonds. The molecule has 0 radical (unpaired) electrons. The van der Waals surface area contributed by atoms with Crippen LogP contribution in [0, 0.1) is 0 Å². The Morgan fingerprint density at radius 2 is 1.50 bits per heavy atom. The molecule has 0 bridgehead atoms. The minimum atomic E-state index is 0.126. The molecule has 22 heavy (non-hydrogen) atoms. The second kappa shape index (κ2) is 5.27. The molecule has 1 atom stereocenters. The summed E-state index contributed by atoms with van der Waals surface area (Å²) in [6, 6.07) is 16.3. The van der Waals surface area contributed by atoms with Crippen LogP contribution in [-0.2, 0) is 6.42 Å². The van der Waals surface area contributed by atoms with Gasteiger partial charge in [0.1, 0.15) is 11.9 Å². The molecule has 5 heteroatoms. The first kappa shape index (κ1) is 13.0. The quantitative estimate of drug-likeness (QED) is 0.539. The van der Waals surface area contributed by atoms with Gasteiger partial charge in [-0.15, -0.1) is 0 Å². The Bertz CT molecular complexity index is 855. The third kappa shape index (κ3) is 2.35. The molecule has 0 unspecified atom stereocenters. The molecule has 2 heterocycles. The molecule has 0 saturated heterocycles. The lowest BCUT2D eigenvalue weighted by atomic mass is 10.1. The number of nitrogens with one attached hydrogen (secondary N) is 2. The number of aromatic nitrogens is 4. The number of fused-ring (bicyclic) bond motifs is 2. The van der Waals surface area contributed by atoms with Crippen LogP contribution in [0.3, 0.4) is 0 Å². The molecule has 0 fully saturated rings. The predicted molar refractivity (Wildman–Crippen MR) is 86.1 cm³/mol. The molecule has 4 aromatic rings. The van der Waals surface area contributed by atoms with Gasteiger partial charge in [-0.25, -0.2) is 9.97 Å². The standard InChI is InChI=1S/C17H17N5/c18-11(17-21-14-7-3-4-8-15(14)22-17)9-10-16-19-12-5-1-2-6-13(12)20-16/h1-8,11H,9-10,18H2,(H,19,20)(H,21,22)/p+1/t11-/m0/s1. The van der Waals surface area contributed by atoms with E-state index < -0.39 is 0 Å². The van der Waals surface area contributed by atoms with Crippen molar-refractivity contribution in [2.75, 3.05) is 0 Å². The van der Waals surface area contributed by atoms with Gasteiger partial charge in [0.25, 0.3) is 0 Å². The van der Waals surface area contributed by atoms with Gasteiger partial charge in [-0.2, -0.15) is 0 Å². The summed E-state index contributed by atoms with van der Waals surface area (Å²) in [4.78, 5) is 15.9. The van der Waals surface area contributed by atoms with Crippen molar-refractivity contribution in [3.05, 3.63) is 60.2 Å². The average molecular weight is 292 g/mol. The molecule has 0 saturated carbocycles. The van der Waals surface area contributed by atoms with E-state index >= 15 is 0 Å². The van der Waals surface area contributed by atoms with Gasteiger partial charge in [0.05, 0.1) is 22.1 Å².